The highest BCUT2D eigenvalue weighted by Crippen LogP contribution is 2.12. The lowest BCUT2D eigenvalue weighted by atomic mass is 10.3. The van der Waals surface area contributed by atoms with Gasteiger partial charge in [0.25, 0.3) is 0 Å². The van der Waals surface area contributed by atoms with Gasteiger partial charge in [0.05, 0.1) is 19.1 Å². The second kappa shape index (κ2) is 5.24. The number of para-hydroxylation sites is 1. The van der Waals surface area contributed by atoms with Crippen molar-refractivity contribution in [2.24, 2.45) is 0 Å². The third-order valence-corrected chi connectivity index (χ3v) is 2.86. The van der Waals surface area contributed by atoms with Gasteiger partial charge in [0, 0.05) is 0 Å². The first-order chi connectivity index (χ1) is 9.33. The number of ether oxygens (including phenoxy) is 1. The summed E-state index contributed by atoms with van der Waals surface area (Å²) in [5, 5.41) is 0.221. The molecule has 1 aromatic carbocycles. The summed E-state index contributed by atoms with van der Waals surface area (Å²) in [6, 6.07) is 9.68. The summed E-state index contributed by atoms with van der Waals surface area (Å²) >= 11 is 5.78. The van der Waals surface area contributed by atoms with E-state index in [4.69, 9.17) is 16.3 Å². The fourth-order valence-electron chi connectivity index (χ4n) is 1.78. The number of nitrogens with zero attached hydrogens (tertiary/aromatic N) is 4. The van der Waals surface area contributed by atoms with Gasteiger partial charge in [-0.2, -0.15) is 4.98 Å². The first-order valence-corrected chi connectivity index (χ1v) is 6.22. The van der Waals surface area contributed by atoms with Gasteiger partial charge in [-0.1, -0.05) is 18.2 Å². The first kappa shape index (κ1) is 11.9. The van der Waals surface area contributed by atoms with Crippen LogP contribution in [0.1, 0.15) is 0 Å². The van der Waals surface area contributed by atoms with Crippen LogP contribution < -0.4 is 4.74 Å². The molecule has 0 amide bonds. The Balaban J connectivity index is 1.70. The molecule has 0 atom stereocenters. The molecule has 0 bridgehead atoms. The molecule has 19 heavy (non-hydrogen) atoms. The third kappa shape index (κ3) is 2.66. The van der Waals surface area contributed by atoms with Crippen LogP contribution in [-0.2, 0) is 6.54 Å². The Morgan fingerprint density at radius 3 is 2.84 bits per heavy atom. The number of benzene rings is 1. The Morgan fingerprint density at radius 1 is 1.16 bits per heavy atom. The average molecular weight is 275 g/mol. The SMILES string of the molecule is Clc1ncc2ncn(CCOc3ccccc3)c2n1. The molecule has 0 unspecified atom stereocenters. The fraction of sp³-hybridized carbons (Fsp3) is 0.154. The molecule has 0 aliphatic heterocycles. The molecule has 0 radical (unpaired) electrons. The molecular weight excluding hydrogens is 264 g/mol. The number of fused-ring (bicyclic) bond motifs is 1. The van der Waals surface area contributed by atoms with E-state index in [0.29, 0.717) is 13.2 Å². The molecule has 3 rings (SSSR count). The molecule has 0 N–H and O–H groups in total. The summed E-state index contributed by atoms with van der Waals surface area (Å²) in [6.07, 6.45) is 3.32. The van der Waals surface area contributed by atoms with Gasteiger partial charge >= 0.3 is 0 Å². The van der Waals surface area contributed by atoms with E-state index in [1.165, 1.54) is 0 Å². The van der Waals surface area contributed by atoms with E-state index in [9.17, 15) is 0 Å². The van der Waals surface area contributed by atoms with Crippen LogP contribution in [0.4, 0.5) is 0 Å². The number of halogens is 1. The van der Waals surface area contributed by atoms with Crippen molar-refractivity contribution in [3.63, 3.8) is 0 Å². The number of hydrogen-bond donors (Lipinski definition) is 0. The summed E-state index contributed by atoms with van der Waals surface area (Å²) in [4.78, 5) is 12.3. The molecular formula is C13H11ClN4O. The van der Waals surface area contributed by atoms with Crippen molar-refractivity contribution in [1.82, 2.24) is 19.5 Å². The Morgan fingerprint density at radius 2 is 2.00 bits per heavy atom. The minimum Gasteiger partial charge on any atom is -0.492 e. The van der Waals surface area contributed by atoms with Crippen molar-refractivity contribution in [3.8, 4) is 5.75 Å². The summed E-state index contributed by atoms with van der Waals surface area (Å²) in [6.45, 7) is 1.19. The molecule has 0 aliphatic carbocycles. The van der Waals surface area contributed by atoms with Gasteiger partial charge in [-0.3, -0.25) is 0 Å². The molecule has 3 aromatic rings. The van der Waals surface area contributed by atoms with Crippen molar-refractivity contribution in [1.29, 1.82) is 0 Å². The van der Waals surface area contributed by atoms with Crippen LogP contribution in [0, 0.1) is 0 Å². The quantitative estimate of drug-likeness (QED) is 0.686. The number of hydrogen-bond acceptors (Lipinski definition) is 4. The predicted octanol–water partition coefficient (Wildman–Crippen LogP) is 2.56. The summed E-state index contributed by atoms with van der Waals surface area (Å²) in [5.41, 5.74) is 1.45. The van der Waals surface area contributed by atoms with Gasteiger partial charge in [-0.15, -0.1) is 0 Å². The van der Waals surface area contributed by atoms with Crippen molar-refractivity contribution in [3.05, 3.63) is 48.1 Å². The molecule has 0 aliphatic rings. The second-order valence-corrected chi connectivity index (χ2v) is 4.29. The summed E-state index contributed by atoms with van der Waals surface area (Å²) in [5.74, 6) is 0.847. The minimum absolute atomic E-state index is 0.221. The molecule has 0 saturated heterocycles. The average Bonchev–Trinajstić information content (AvgIpc) is 2.83. The Bertz CT molecular complexity index is 683. The van der Waals surface area contributed by atoms with E-state index < -0.39 is 0 Å². The normalized spacial score (nSPS) is 10.8. The molecule has 0 saturated carbocycles. The van der Waals surface area contributed by atoms with Gasteiger partial charge in [0.1, 0.15) is 17.9 Å². The van der Waals surface area contributed by atoms with Crippen molar-refractivity contribution >= 4 is 22.8 Å². The maximum Gasteiger partial charge on any atom is 0.224 e. The zero-order chi connectivity index (χ0) is 13.1. The molecule has 0 fully saturated rings. The zero-order valence-electron chi connectivity index (χ0n) is 10.0. The topological polar surface area (TPSA) is 52.8 Å². The molecule has 6 heteroatoms. The summed E-state index contributed by atoms with van der Waals surface area (Å²) < 4.78 is 7.53. The lowest BCUT2D eigenvalue weighted by Crippen LogP contribution is -2.07. The highest BCUT2D eigenvalue weighted by molar-refractivity contribution is 6.28. The van der Waals surface area contributed by atoms with Crippen LogP contribution in [0.3, 0.4) is 0 Å². The molecule has 5 nitrogen and oxygen atoms in total. The molecule has 0 spiro atoms. The van der Waals surface area contributed by atoms with E-state index in [1.807, 2.05) is 34.9 Å². The van der Waals surface area contributed by atoms with Crippen molar-refractivity contribution < 1.29 is 4.74 Å². The first-order valence-electron chi connectivity index (χ1n) is 5.84. The van der Waals surface area contributed by atoms with Gasteiger partial charge in [-0.25, -0.2) is 9.97 Å². The van der Waals surface area contributed by atoms with Crippen molar-refractivity contribution in [2.45, 2.75) is 6.54 Å². The van der Waals surface area contributed by atoms with Gasteiger partial charge in [0.2, 0.25) is 5.28 Å². The standard InChI is InChI=1S/C13H11ClN4O/c14-13-15-8-11-12(17-13)18(9-16-11)6-7-19-10-4-2-1-3-5-10/h1-5,8-9H,6-7H2. The highest BCUT2D eigenvalue weighted by Gasteiger charge is 2.05. The predicted molar refractivity (Wildman–Crippen MR) is 72.3 cm³/mol. The highest BCUT2D eigenvalue weighted by atomic mass is 35.5. The molecule has 2 heterocycles. The maximum atomic E-state index is 5.78. The van der Waals surface area contributed by atoms with Crippen LogP contribution >= 0.6 is 11.6 Å². The van der Waals surface area contributed by atoms with Crippen LogP contribution in [0.15, 0.2) is 42.9 Å². The van der Waals surface area contributed by atoms with E-state index in [1.54, 1.807) is 12.5 Å². The van der Waals surface area contributed by atoms with Crippen LogP contribution in [0.5, 0.6) is 5.75 Å². The van der Waals surface area contributed by atoms with Crippen LogP contribution in [-0.4, -0.2) is 26.1 Å². The van der Waals surface area contributed by atoms with E-state index in [-0.39, 0.29) is 5.28 Å². The minimum atomic E-state index is 0.221. The van der Waals surface area contributed by atoms with Crippen LogP contribution in [0.25, 0.3) is 11.2 Å². The lowest BCUT2D eigenvalue weighted by Gasteiger charge is -2.06. The number of aromatic nitrogens is 4. The Kier molecular flexibility index (Phi) is 3.29. The Hall–Kier alpha value is -2.14. The number of rotatable bonds is 4. The maximum absolute atomic E-state index is 5.78. The van der Waals surface area contributed by atoms with Gasteiger partial charge in [-0.05, 0) is 23.7 Å². The second-order valence-electron chi connectivity index (χ2n) is 3.95. The van der Waals surface area contributed by atoms with E-state index in [0.717, 1.165) is 16.9 Å². The van der Waals surface area contributed by atoms with Gasteiger partial charge < -0.3 is 9.30 Å². The summed E-state index contributed by atoms with van der Waals surface area (Å²) in [7, 11) is 0. The Labute approximate surface area is 114 Å². The monoisotopic (exact) mass is 274 g/mol. The van der Waals surface area contributed by atoms with Gasteiger partial charge in [0.15, 0.2) is 5.65 Å². The fourth-order valence-corrected chi connectivity index (χ4v) is 1.91. The number of imidazole rings is 1. The van der Waals surface area contributed by atoms with Crippen LogP contribution in [0.2, 0.25) is 5.28 Å². The van der Waals surface area contributed by atoms with E-state index in [2.05, 4.69) is 15.0 Å². The smallest absolute Gasteiger partial charge is 0.224 e. The molecule has 96 valence electrons. The lowest BCUT2D eigenvalue weighted by molar-refractivity contribution is 0.300. The third-order valence-electron chi connectivity index (χ3n) is 2.67. The zero-order valence-corrected chi connectivity index (χ0v) is 10.8. The largest absolute Gasteiger partial charge is 0.492 e. The van der Waals surface area contributed by atoms with Crippen molar-refractivity contribution in [2.75, 3.05) is 6.61 Å². The molecule has 2 aromatic heterocycles. The van der Waals surface area contributed by atoms with E-state index >= 15 is 0 Å².